The fraction of sp³-hybridized carbons (Fsp3) is 0.385. The molecule has 1 aromatic carbocycles. The van der Waals surface area contributed by atoms with Gasteiger partial charge in [-0.05, 0) is 12.1 Å². The average Bonchev–Trinajstić information content (AvgIpc) is 3.01. The number of rotatable bonds is 4. The van der Waals surface area contributed by atoms with Crippen LogP contribution < -0.4 is 61.0 Å². The zero-order chi connectivity index (χ0) is 18.5. The van der Waals surface area contributed by atoms with Gasteiger partial charge in [-0.15, -0.1) is 11.6 Å². The van der Waals surface area contributed by atoms with Crippen molar-refractivity contribution in [2.24, 2.45) is 0 Å². The summed E-state index contributed by atoms with van der Waals surface area (Å²) in [4.78, 5) is 26.3. The number of carbonyl (C=O) groups excluding carboxylic acids is 2. The summed E-state index contributed by atoms with van der Waals surface area (Å²) in [6.45, 7) is -0.257. The van der Waals surface area contributed by atoms with Gasteiger partial charge in [0.15, 0.2) is 0 Å². The summed E-state index contributed by atoms with van der Waals surface area (Å²) in [6.07, 6.45) is -1.48. The van der Waals surface area contributed by atoms with Gasteiger partial charge in [0.05, 0.1) is 22.9 Å². The zero-order valence-corrected chi connectivity index (χ0v) is 18.8. The van der Waals surface area contributed by atoms with Crippen molar-refractivity contribution < 1.29 is 79.6 Å². The summed E-state index contributed by atoms with van der Waals surface area (Å²) in [5.74, 6) is -1.78. The first kappa shape index (κ1) is 22.3. The van der Waals surface area contributed by atoms with E-state index in [0.717, 1.165) is 17.0 Å². The maximum Gasteiger partial charge on any atom is 1.00 e. The number of nitrogens with one attached hydrogen (secondary N) is 1. The normalized spacial score (nSPS) is 22.5. The van der Waals surface area contributed by atoms with Gasteiger partial charge in [-0.1, -0.05) is 11.6 Å². The Bertz CT molecular complexity index is 855. The number of urea groups is 1. The van der Waals surface area contributed by atoms with Crippen LogP contribution in [-0.2, 0) is 14.8 Å². The first-order valence-electron chi connectivity index (χ1n) is 6.98. The minimum absolute atomic E-state index is 0. The maximum absolute atomic E-state index is 14.3. The van der Waals surface area contributed by atoms with E-state index < -0.39 is 50.9 Å². The number of amides is 3. The molecular weight excluding hydrogens is 442 g/mol. The smallest absolute Gasteiger partial charge is 1.00 e. The molecule has 0 spiro atoms. The fourth-order valence-electron chi connectivity index (χ4n) is 2.81. The SMILES string of the molecule is O=C1C2CC(F)CN2C(=O)N1c1cc(NS(=O)(=O)CCl)c(Cl)cc1F.[H-].[K+]. The van der Waals surface area contributed by atoms with Gasteiger partial charge >= 0.3 is 57.4 Å². The van der Waals surface area contributed by atoms with Gasteiger partial charge in [-0.3, -0.25) is 9.52 Å². The van der Waals surface area contributed by atoms with Gasteiger partial charge in [0.2, 0.25) is 10.0 Å². The second-order valence-electron chi connectivity index (χ2n) is 5.57. The number of halogens is 4. The van der Waals surface area contributed by atoms with Gasteiger partial charge in [0.1, 0.15) is 23.2 Å². The molecule has 2 aliphatic heterocycles. The monoisotopic (exact) mass is 453 g/mol. The Morgan fingerprint density at radius 3 is 2.58 bits per heavy atom. The Morgan fingerprint density at radius 2 is 2.00 bits per heavy atom. The van der Waals surface area contributed by atoms with Crippen LogP contribution in [-0.4, -0.2) is 49.2 Å². The Balaban J connectivity index is 0.00000182. The van der Waals surface area contributed by atoms with E-state index in [1.165, 1.54) is 0 Å². The second-order valence-corrected chi connectivity index (χ2v) is 8.28. The van der Waals surface area contributed by atoms with Gasteiger partial charge < -0.3 is 6.33 Å². The van der Waals surface area contributed by atoms with E-state index in [-0.39, 0.29) is 76.5 Å². The average molecular weight is 454 g/mol. The molecule has 26 heavy (non-hydrogen) atoms. The van der Waals surface area contributed by atoms with Crippen molar-refractivity contribution in [1.82, 2.24) is 4.90 Å². The largest absolute Gasteiger partial charge is 1.00 e. The molecule has 3 amide bonds. The number of hydrogen-bond acceptors (Lipinski definition) is 4. The molecule has 2 atom stereocenters. The van der Waals surface area contributed by atoms with E-state index in [4.69, 9.17) is 23.2 Å². The predicted molar refractivity (Wildman–Crippen MR) is 88.7 cm³/mol. The number of hydrogen-bond donors (Lipinski definition) is 1. The number of nitrogens with zero attached hydrogens (tertiary/aromatic N) is 2. The van der Waals surface area contributed by atoms with Crippen LogP contribution >= 0.6 is 23.2 Å². The van der Waals surface area contributed by atoms with Gasteiger partial charge in [-0.25, -0.2) is 26.9 Å². The van der Waals surface area contributed by atoms with Crippen molar-refractivity contribution in [3.05, 3.63) is 23.0 Å². The molecule has 2 heterocycles. The predicted octanol–water partition coefficient (Wildman–Crippen LogP) is -0.587. The van der Waals surface area contributed by atoms with Crippen LogP contribution in [0.15, 0.2) is 12.1 Å². The standard InChI is InChI=1S/C13H11Cl2F2N3O4S.K.H/c14-5-25(23,24)18-9-3-10(8(17)2-7(9)15)20-12(21)11-1-6(16)4-19(11)13(20)22;;/h2-3,6,11,18H,1,4-5H2;;/q;+1;-1. The molecule has 0 saturated carbocycles. The van der Waals surface area contributed by atoms with Gasteiger partial charge in [0, 0.05) is 6.42 Å². The molecule has 2 aliphatic rings. The van der Waals surface area contributed by atoms with Crippen LogP contribution in [0.4, 0.5) is 25.0 Å². The van der Waals surface area contributed by atoms with Crippen molar-refractivity contribution in [1.29, 1.82) is 0 Å². The first-order chi connectivity index (χ1) is 11.6. The Labute approximate surface area is 201 Å². The number of fused-ring (bicyclic) bond motifs is 1. The van der Waals surface area contributed by atoms with E-state index in [2.05, 4.69) is 0 Å². The zero-order valence-electron chi connectivity index (χ0n) is 14.4. The molecule has 3 rings (SSSR count). The summed E-state index contributed by atoms with van der Waals surface area (Å²) >= 11 is 11.1. The number of sulfonamides is 1. The van der Waals surface area contributed by atoms with E-state index in [0.29, 0.717) is 4.90 Å². The third-order valence-corrected chi connectivity index (χ3v) is 5.87. The summed E-state index contributed by atoms with van der Waals surface area (Å²) < 4.78 is 52.8. The third kappa shape index (κ3) is 4.04. The van der Waals surface area contributed by atoms with Crippen molar-refractivity contribution in [3.63, 3.8) is 0 Å². The minimum Gasteiger partial charge on any atom is -1.00 e. The summed E-state index contributed by atoms with van der Waals surface area (Å²) in [6, 6.07) is -0.180. The maximum atomic E-state index is 14.3. The molecule has 7 nitrogen and oxygen atoms in total. The fourth-order valence-corrected chi connectivity index (χ4v) is 3.78. The van der Waals surface area contributed by atoms with Crippen molar-refractivity contribution in [3.8, 4) is 0 Å². The van der Waals surface area contributed by atoms with Crippen LogP contribution in [0.2, 0.25) is 5.02 Å². The van der Waals surface area contributed by atoms with E-state index in [1.807, 2.05) is 4.72 Å². The number of alkyl halides is 2. The van der Waals surface area contributed by atoms with Crippen LogP contribution in [0.5, 0.6) is 0 Å². The quantitative estimate of drug-likeness (QED) is 0.375. The molecule has 13 heteroatoms. The number of benzene rings is 1. The van der Waals surface area contributed by atoms with Crippen LogP contribution in [0.3, 0.4) is 0 Å². The topological polar surface area (TPSA) is 86.8 Å². The molecular formula is C13H12Cl2F2KN3O4S. The second kappa shape index (κ2) is 8.15. The van der Waals surface area contributed by atoms with Crippen LogP contribution in [0.25, 0.3) is 0 Å². The van der Waals surface area contributed by atoms with E-state index in [9.17, 15) is 26.8 Å². The van der Waals surface area contributed by atoms with Gasteiger partial charge in [0.25, 0.3) is 5.91 Å². The Morgan fingerprint density at radius 1 is 1.35 bits per heavy atom. The molecule has 1 aromatic rings. The Kier molecular flexibility index (Phi) is 6.99. The third-order valence-electron chi connectivity index (χ3n) is 3.88. The summed E-state index contributed by atoms with van der Waals surface area (Å²) in [5.41, 5.74) is -0.716. The van der Waals surface area contributed by atoms with Crippen molar-refractivity contribution in [2.45, 2.75) is 18.6 Å². The molecule has 2 saturated heterocycles. The first-order valence-corrected chi connectivity index (χ1v) is 9.55. The molecule has 2 unspecified atom stereocenters. The summed E-state index contributed by atoms with van der Waals surface area (Å²) in [7, 11) is -3.94. The molecule has 0 radical (unpaired) electrons. The van der Waals surface area contributed by atoms with E-state index in [1.54, 1.807) is 0 Å². The molecule has 138 valence electrons. The van der Waals surface area contributed by atoms with E-state index >= 15 is 0 Å². The van der Waals surface area contributed by atoms with Crippen LogP contribution in [0, 0.1) is 5.82 Å². The number of carbonyl (C=O) groups is 2. The summed E-state index contributed by atoms with van der Waals surface area (Å²) in [5, 5.41) is -1.05. The molecule has 2 fully saturated rings. The molecule has 0 aromatic heterocycles. The van der Waals surface area contributed by atoms with Gasteiger partial charge in [-0.2, -0.15) is 0 Å². The molecule has 1 N–H and O–H groups in total. The van der Waals surface area contributed by atoms with Crippen molar-refractivity contribution >= 4 is 56.5 Å². The number of imide groups is 1. The Hall–Kier alpha value is -0.0136. The minimum atomic E-state index is -3.94. The molecule has 0 aliphatic carbocycles. The number of anilines is 2. The van der Waals surface area contributed by atoms with Crippen molar-refractivity contribution in [2.75, 3.05) is 21.4 Å². The van der Waals surface area contributed by atoms with Crippen LogP contribution in [0.1, 0.15) is 7.85 Å². The molecule has 0 bridgehead atoms.